The van der Waals surface area contributed by atoms with Gasteiger partial charge in [-0.25, -0.2) is 4.79 Å². The number of methoxy groups -OCH3 is 2. The van der Waals surface area contributed by atoms with Crippen molar-refractivity contribution < 1.29 is 19.1 Å². The topological polar surface area (TPSA) is 55.8 Å². The number of nitrogens with zero attached hydrogens (tertiary/aromatic N) is 1. The summed E-state index contributed by atoms with van der Waals surface area (Å²) in [7, 11) is 2.86. The maximum Gasteiger partial charge on any atom is 0.328 e. The van der Waals surface area contributed by atoms with Crippen molar-refractivity contribution in [3.63, 3.8) is 0 Å². The zero-order chi connectivity index (χ0) is 13.8. The maximum absolute atomic E-state index is 12.5. The average molecular weight is 263 g/mol. The monoisotopic (exact) mass is 263 g/mol. The standard InChI is InChI=1S/C14H17NO4/c1-18-12-9-8-11(14(17)19-2)15(12)13(16)10-6-4-3-5-7-10/h3-7,11-12H,8-9H2,1-2H3/t11-,12-/m0/s1. The van der Waals surface area contributed by atoms with E-state index in [1.54, 1.807) is 24.3 Å². The molecule has 1 heterocycles. The second-order valence-corrected chi connectivity index (χ2v) is 4.39. The third kappa shape index (κ3) is 2.61. The van der Waals surface area contributed by atoms with Gasteiger partial charge in [-0.3, -0.25) is 9.69 Å². The lowest BCUT2D eigenvalue weighted by Crippen LogP contribution is -2.46. The Hall–Kier alpha value is -1.88. The molecule has 2 atom stereocenters. The highest BCUT2D eigenvalue weighted by molar-refractivity contribution is 5.97. The minimum atomic E-state index is -0.567. The zero-order valence-corrected chi connectivity index (χ0v) is 11.0. The molecule has 0 spiro atoms. The molecule has 1 aromatic rings. The Labute approximate surface area is 112 Å². The Morgan fingerprint density at radius 3 is 2.42 bits per heavy atom. The summed E-state index contributed by atoms with van der Waals surface area (Å²) in [4.78, 5) is 25.7. The summed E-state index contributed by atoms with van der Waals surface area (Å²) in [6, 6.07) is 8.30. The number of amides is 1. The molecule has 0 saturated carbocycles. The summed E-state index contributed by atoms with van der Waals surface area (Å²) in [6.07, 6.45) is 0.815. The van der Waals surface area contributed by atoms with Crippen molar-refractivity contribution in [2.24, 2.45) is 0 Å². The first kappa shape index (κ1) is 13.5. The van der Waals surface area contributed by atoms with Crippen molar-refractivity contribution in [3.05, 3.63) is 35.9 Å². The van der Waals surface area contributed by atoms with Gasteiger partial charge >= 0.3 is 5.97 Å². The van der Waals surface area contributed by atoms with Gasteiger partial charge in [0.25, 0.3) is 5.91 Å². The molecule has 5 nitrogen and oxygen atoms in total. The summed E-state index contributed by atoms with van der Waals surface area (Å²) in [5, 5.41) is 0. The van der Waals surface area contributed by atoms with Crippen LogP contribution in [0.15, 0.2) is 30.3 Å². The van der Waals surface area contributed by atoms with Crippen LogP contribution in [0.2, 0.25) is 0 Å². The predicted octanol–water partition coefficient (Wildman–Crippen LogP) is 1.44. The first-order valence-electron chi connectivity index (χ1n) is 6.17. The van der Waals surface area contributed by atoms with E-state index in [1.165, 1.54) is 19.1 Å². The van der Waals surface area contributed by atoms with E-state index in [9.17, 15) is 9.59 Å². The fourth-order valence-corrected chi connectivity index (χ4v) is 2.38. The number of esters is 1. The number of benzene rings is 1. The van der Waals surface area contributed by atoms with Gasteiger partial charge in [0.1, 0.15) is 12.3 Å². The van der Waals surface area contributed by atoms with Gasteiger partial charge in [-0.1, -0.05) is 18.2 Å². The lowest BCUT2D eigenvalue weighted by molar-refractivity contribution is -0.147. The lowest BCUT2D eigenvalue weighted by Gasteiger charge is -2.27. The van der Waals surface area contributed by atoms with Crippen LogP contribution in [0, 0.1) is 0 Å². The molecule has 1 aliphatic heterocycles. The minimum Gasteiger partial charge on any atom is -0.467 e. The Kier molecular flexibility index (Phi) is 4.16. The van der Waals surface area contributed by atoms with E-state index in [1.807, 2.05) is 6.07 Å². The van der Waals surface area contributed by atoms with Crippen LogP contribution in [-0.4, -0.2) is 43.3 Å². The molecule has 19 heavy (non-hydrogen) atoms. The molecule has 0 radical (unpaired) electrons. The zero-order valence-electron chi connectivity index (χ0n) is 11.0. The van der Waals surface area contributed by atoms with Crippen LogP contribution in [0.25, 0.3) is 0 Å². The summed E-state index contributed by atoms with van der Waals surface area (Å²) in [6.45, 7) is 0. The van der Waals surface area contributed by atoms with Gasteiger partial charge in [-0.2, -0.15) is 0 Å². The van der Waals surface area contributed by atoms with E-state index in [4.69, 9.17) is 9.47 Å². The van der Waals surface area contributed by atoms with Gasteiger partial charge in [0.05, 0.1) is 7.11 Å². The molecule has 1 amide bonds. The number of carbonyl (C=O) groups excluding carboxylic acids is 2. The molecule has 0 bridgehead atoms. The number of carbonyl (C=O) groups is 2. The van der Waals surface area contributed by atoms with E-state index in [0.717, 1.165) is 0 Å². The lowest BCUT2D eigenvalue weighted by atomic mass is 10.1. The minimum absolute atomic E-state index is 0.208. The van der Waals surface area contributed by atoms with Crippen molar-refractivity contribution in [1.29, 1.82) is 0 Å². The van der Waals surface area contributed by atoms with Crippen LogP contribution in [0.3, 0.4) is 0 Å². The normalized spacial score (nSPS) is 22.3. The summed E-state index contributed by atoms with van der Waals surface area (Å²) in [5.74, 6) is -0.607. The molecule has 1 aromatic carbocycles. The van der Waals surface area contributed by atoms with Crippen LogP contribution in [-0.2, 0) is 14.3 Å². The third-order valence-electron chi connectivity index (χ3n) is 3.33. The molecule has 1 fully saturated rings. The van der Waals surface area contributed by atoms with Gasteiger partial charge in [-0.15, -0.1) is 0 Å². The molecule has 0 aliphatic carbocycles. The third-order valence-corrected chi connectivity index (χ3v) is 3.33. The number of rotatable bonds is 3. The SMILES string of the molecule is COC(=O)[C@@H]1CC[C@H](OC)N1C(=O)c1ccccc1. The van der Waals surface area contributed by atoms with E-state index in [0.29, 0.717) is 18.4 Å². The van der Waals surface area contributed by atoms with Crippen molar-refractivity contribution in [2.45, 2.75) is 25.1 Å². The van der Waals surface area contributed by atoms with Crippen molar-refractivity contribution >= 4 is 11.9 Å². The smallest absolute Gasteiger partial charge is 0.328 e. The van der Waals surface area contributed by atoms with E-state index < -0.39 is 12.0 Å². The number of likely N-dealkylation sites (tertiary alicyclic amines) is 1. The van der Waals surface area contributed by atoms with Gasteiger partial charge < -0.3 is 9.47 Å². The van der Waals surface area contributed by atoms with Gasteiger partial charge in [0, 0.05) is 12.7 Å². The van der Waals surface area contributed by atoms with E-state index in [-0.39, 0.29) is 12.1 Å². The van der Waals surface area contributed by atoms with Crippen LogP contribution in [0.4, 0.5) is 0 Å². The Morgan fingerprint density at radius 2 is 1.84 bits per heavy atom. The van der Waals surface area contributed by atoms with Crippen molar-refractivity contribution in [3.8, 4) is 0 Å². The second kappa shape index (κ2) is 5.84. The first-order valence-corrected chi connectivity index (χ1v) is 6.17. The summed E-state index contributed by atoms with van der Waals surface area (Å²) >= 11 is 0. The number of hydrogen-bond donors (Lipinski definition) is 0. The fourth-order valence-electron chi connectivity index (χ4n) is 2.38. The van der Waals surface area contributed by atoms with Crippen molar-refractivity contribution in [1.82, 2.24) is 4.90 Å². The number of hydrogen-bond acceptors (Lipinski definition) is 4. The molecule has 0 aromatic heterocycles. The molecular weight excluding hydrogens is 246 g/mol. The quantitative estimate of drug-likeness (QED) is 0.774. The Balaban J connectivity index is 2.27. The van der Waals surface area contributed by atoms with E-state index >= 15 is 0 Å². The molecule has 5 heteroatoms. The van der Waals surface area contributed by atoms with Crippen LogP contribution >= 0.6 is 0 Å². The molecule has 1 aliphatic rings. The number of ether oxygens (including phenoxy) is 2. The van der Waals surface area contributed by atoms with E-state index in [2.05, 4.69) is 0 Å². The fraction of sp³-hybridized carbons (Fsp3) is 0.429. The molecule has 2 rings (SSSR count). The van der Waals surface area contributed by atoms with Gasteiger partial charge in [0.2, 0.25) is 0 Å². The first-order chi connectivity index (χ1) is 9.19. The molecule has 102 valence electrons. The predicted molar refractivity (Wildman–Crippen MR) is 68.4 cm³/mol. The summed E-state index contributed by atoms with van der Waals surface area (Å²) in [5.41, 5.74) is 0.542. The molecule has 0 unspecified atom stereocenters. The summed E-state index contributed by atoms with van der Waals surface area (Å²) < 4.78 is 10.0. The average Bonchev–Trinajstić information content (AvgIpc) is 2.90. The van der Waals surface area contributed by atoms with Gasteiger partial charge in [0.15, 0.2) is 0 Å². The highest BCUT2D eigenvalue weighted by atomic mass is 16.5. The van der Waals surface area contributed by atoms with Crippen LogP contribution in [0.1, 0.15) is 23.2 Å². The molecular formula is C14H17NO4. The maximum atomic E-state index is 12.5. The second-order valence-electron chi connectivity index (χ2n) is 4.39. The van der Waals surface area contributed by atoms with Crippen LogP contribution in [0.5, 0.6) is 0 Å². The highest BCUT2D eigenvalue weighted by Gasteiger charge is 2.42. The van der Waals surface area contributed by atoms with Crippen molar-refractivity contribution in [2.75, 3.05) is 14.2 Å². The highest BCUT2D eigenvalue weighted by Crippen LogP contribution is 2.27. The van der Waals surface area contributed by atoms with Gasteiger partial charge in [-0.05, 0) is 25.0 Å². The Bertz CT molecular complexity index is 460. The van der Waals surface area contributed by atoms with Crippen LogP contribution < -0.4 is 0 Å². The molecule has 1 saturated heterocycles. The largest absolute Gasteiger partial charge is 0.467 e. The Morgan fingerprint density at radius 1 is 1.16 bits per heavy atom. The molecule has 0 N–H and O–H groups in total.